The first-order valence-corrected chi connectivity index (χ1v) is 12.1. The van der Waals surface area contributed by atoms with Crippen LogP contribution in [0.2, 0.25) is 0 Å². The maximum Gasteiger partial charge on any atom is 0.243 e. The molecule has 1 atom stereocenters. The molecule has 2 heterocycles. The molecule has 6 heteroatoms. The largest absolute Gasteiger partial charge is 0.369 e. The second-order valence-corrected chi connectivity index (χ2v) is 9.75. The van der Waals surface area contributed by atoms with E-state index >= 15 is 0 Å². The molecule has 1 saturated heterocycles. The van der Waals surface area contributed by atoms with E-state index in [9.17, 15) is 9.59 Å². The van der Waals surface area contributed by atoms with Crippen molar-refractivity contribution in [3.05, 3.63) is 65.2 Å². The molecule has 6 nitrogen and oxygen atoms in total. The number of hydrogen-bond acceptors (Lipinski definition) is 4. The molecular formula is C27H36N4O2. The fraction of sp³-hybridized carbons (Fsp3) is 0.481. The summed E-state index contributed by atoms with van der Waals surface area (Å²) in [5.74, 6) is 0.237. The van der Waals surface area contributed by atoms with Crippen molar-refractivity contribution < 1.29 is 9.59 Å². The first kappa shape index (κ1) is 23.3. The maximum atomic E-state index is 13.4. The Hall–Kier alpha value is -2.86. The van der Waals surface area contributed by atoms with Crippen LogP contribution < -0.4 is 10.2 Å². The summed E-state index contributed by atoms with van der Waals surface area (Å²) < 4.78 is 0. The van der Waals surface area contributed by atoms with Crippen LogP contribution in [0.25, 0.3) is 0 Å². The van der Waals surface area contributed by atoms with E-state index < -0.39 is 6.04 Å². The zero-order valence-electron chi connectivity index (χ0n) is 20.1. The predicted molar refractivity (Wildman–Crippen MR) is 132 cm³/mol. The van der Waals surface area contributed by atoms with Gasteiger partial charge in [0.05, 0.1) is 0 Å². The highest BCUT2D eigenvalue weighted by Crippen LogP contribution is 2.26. The summed E-state index contributed by atoms with van der Waals surface area (Å²) in [4.78, 5) is 32.9. The van der Waals surface area contributed by atoms with Gasteiger partial charge in [-0.05, 0) is 35.7 Å². The van der Waals surface area contributed by atoms with Crippen LogP contribution in [0, 0.1) is 5.92 Å². The molecule has 1 N–H and O–H groups in total. The van der Waals surface area contributed by atoms with Gasteiger partial charge < -0.3 is 20.0 Å². The molecule has 33 heavy (non-hydrogen) atoms. The van der Waals surface area contributed by atoms with Crippen molar-refractivity contribution in [3.63, 3.8) is 0 Å². The van der Waals surface area contributed by atoms with Gasteiger partial charge in [-0.2, -0.15) is 0 Å². The van der Waals surface area contributed by atoms with Crippen LogP contribution >= 0.6 is 0 Å². The third-order valence-corrected chi connectivity index (χ3v) is 6.74. The highest BCUT2D eigenvalue weighted by molar-refractivity contribution is 5.88. The summed E-state index contributed by atoms with van der Waals surface area (Å²) in [6.07, 6.45) is 1.02. The summed E-state index contributed by atoms with van der Waals surface area (Å²) in [6.45, 7) is 9.09. The highest BCUT2D eigenvalue weighted by Gasteiger charge is 2.34. The van der Waals surface area contributed by atoms with Gasteiger partial charge in [0.25, 0.3) is 0 Å². The molecule has 176 valence electrons. The van der Waals surface area contributed by atoms with E-state index in [0.717, 1.165) is 42.9 Å². The van der Waals surface area contributed by atoms with Crippen molar-refractivity contribution in [1.29, 1.82) is 0 Å². The van der Waals surface area contributed by atoms with Gasteiger partial charge in [0.15, 0.2) is 0 Å². The number of anilines is 1. The Labute approximate surface area is 197 Å². The summed E-state index contributed by atoms with van der Waals surface area (Å²) in [6, 6.07) is 16.0. The van der Waals surface area contributed by atoms with Crippen LogP contribution in [0.15, 0.2) is 48.5 Å². The van der Waals surface area contributed by atoms with Crippen molar-refractivity contribution in [2.75, 3.05) is 38.1 Å². The molecule has 2 aliphatic heterocycles. The minimum Gasteiger partial charge on any atom is -0.369 e. The second kappa shape index (κ2) is 10.4. The molecule has 1 fully saturated rings. The molecule has 2 amide bonds. The Morgan fingerprint density at radius 3 is 2.36 bits per heavy atom. The van der Waals surface area contributed by atoms with Gasteiger partial charge in [0.2, 0.25) is 11.8 Å². The standard InChI is InChI=1S/C27H36N4O2/c1-20(2)16-26(32)31-19-23-10-5-4-8-21(23)17-25(31)27(33)28-18-22-9-6-7-11-24(22)30-14-12-29(3)13-15-30/h4-11,20,25H,12-19H2,1-3H3,(H,28,33). The number of carbonyl (C=O) groups excluding carboxylic acids is 2. The molecule has 0 aromatic heterocycles. The quantitative estimate of drug-likeness (QED) is 0.738. The first-order chi connectivity index (χ1) is 15.9. The van der Waals surface area contributed by atoms with E-state index in [1.165, 1.54) is 5.69 Å². The van der Waals surface area contributed by atoms with Crippen LogP contribution in [0.4, 0.5) is 5.69 Å². The summed E-state index contributed by atoms with van der Waals surface area (Å²) in [7, 11) is 2.15. The number of carbonyl (C=O) groups is 2. The van der Waals surface area contributed by atoms with Crippen LogP contribution in [0.3, 0.4) is 0 Å². The molecule has 2 aromatic rings. The fourth-order valence-electron chi connectivity index (χ4n) is 4.80. The Balaban J connectivity index is 1.48. The Kier molecular flexibility index (Phi) is 7.33. The lowest BCUT2D eigenvalue weighted by molar-refractivity contribution is -0.142. The molecule has 0 saturated carbocycles. The first-order valence-electron chi connectivity index (χ1n) is 12.1. The van der Waals surface area contributed by atoms with Crippen molar-refractivity contribution in [3.8, 4) is 0 Å². The van der Waals surface area contributed by atoms with Gasteiger partial charge in [-0.1, -0.05) is 56.3 Å². The Morgan fingerprint density at radius 2 is 1.64 bits per heavy atom. The number of nitrogens with one attached hydrogen (secondary N) is 1. The number of benzene rings is 2. The molecular weight excluding hydrogens is 412 g/mol. The molecule has 0 radical (unpaired) electrons. The van der Waals surface area contributed by atoms with E-state index in [1.807, 2.05) is 32.0 Å². The topological polar surface area (TPSA) is 55.9 Å². The number of amides is 2. The van der Waals surface area contributed by atoms with Crippen molar-refractivity contribution in [2.24, 2.45) is 5.92 Å². The number of para-hydroxylation sites is 1. The minimum absolute atomic E-state index is 0.0532. The van der Waals surface area contributed by atoms with E-state index in [4.69, 9.17) is 0 Å². The van der Waals surface area contributed by atoms with Gasteiger partial charge in [-0.15, -0.1) is 0 Å². The Bertz CT molecular complexity index is 982. The summed E-state index contributed by atoms with van der Waals surface area (Å²) in [5.41, 5.74) is 4.60. The summed E-state index contributed by atoms with van der Waals surface area (Å²) >= 11 is 0. The SMILES string of the molecule is CC(C)CC(=O)N1Cc2ccccc2CC1C(=O)NCc1ccccc1N1CCN(C)CC1. The van der Waals surface area contributed by atoms with Crippen LogP contribution in [-0.4, -0.2) is 60.9 Å². The lowest BCUT2D eigenvalue weighted by Crippen LogP contribution is -2.52. The van der Waals surface area contributed by atoms with Gasteiger partial charge in [0.1, 0.15) is 6.04 Å². The highest BCUT2D eigenvalue weighted by atomic mass is 16.2. The molecule has 2 aliphatic rings. The molecule has 1 unspecified atom stereocenters. The number of likely N-dealkylation sites (N-methyl/N-ethyl adjacent to an activating group) is 1. The van der Waals surface area contributed by atoms with Crippen LogP contribution in [0.5, 0.6) is 0 Å². The predicted octanol–water partition coefficient (Wildman–Crippen LogP) is 3.05. The lowest BCUT2D eigenvalue weighted by atomic mass is 9.92. The fourth-order valence-corrected chi connectivity index (χ4v) is 4.80. The lowest BCUT2D eigenvalue weighted by Gasteiger charge is -2.37. The average molecular weight is 449 g/mol. The number of hydrogen-bond donors (Lipinski definition) is 1. The second-order valence-electron chi connectivity index (χ2n) is 9.75. The molecule has 0 bridgehead atoms. The van der Waals surface area contributed by atoms with Crippen LogP contribution in [0.1, 0.15) is 37.0 Å². The van der Waals surface area contributed by atoms with Crippen molar-refractivity contribution in [2.45, 2.75) is 45.8 Å². The van der Waals surface area contributed by atoms with Crippen molar-refractivity contribution in [1.82, 2.24) is 15.1 Å². The van der Waals surface area contributed by atoms with Gasteiger partial charge in [-0.25, -0.2) is 0 Å². The molecule has 4 rings (SSSR count). The summed E-state index contributed by atoms with van der Waals surface area (Å²) in [5, 5.41) is 3.16. The minimum atomic E-state index is -0.470. The maximum absolute atomic E-state index is 13.4. The van der Waals surface area contributed by atoms with E-state index in [-0.39, 0.29) is 17.7 Å². The normalized spacial score (nSPS) is 18.8. The zero-order valence-corrected chi connectivity index (χ0v) is 20.1. The molecule has 0 spiro atoms. The van der Waals surface area contributed by atoms with E-state index in [1.54, 1.807) is 4.90 Å². The van der Waals surface area contributed by atoms with Gasteiger partial charge in [-0.3, -0.25) is 9.59 Å². The van der Waals surface area contributed by atoms with Gasteiger partial charge >= 0.3 is 0 Å². The Morgan fingerprint density at radius 1 is 0.970 bits per heavy atom. The smallest absolute Gasteiger partial charge is 0.243 e. The van der Waals surface area contributed by atoms with Crippen molar-refractivity contribution >= 4 is 17.5 Å². The molecule has 0 aliphatic carbocycles. The average Bonchev–Trinajstić information content (AvgIpc) is 2.82. The number of fused-ring (bicyclic) bond motifs is 1. The monoisotopic (exact) mass is 448 g/mol. The number of piperazine rings is 1. The van der Waals surface area contributed by atoms with Crippen LogP contribution in [-0.2, 0) is 29.1 Å². The third kappa shape index (κ3) is 5.56. The zero-order chi connectivity index (χ0) is 23.4. The third-order valence-electron chi connectivity index (χ3n) is 6.74. The van der Waals surface area contributed by atoms with E-state index in [2.05, 4.69) is 52.5 Å². The molecule has 2 aromatic carbocycles. The number of nitrogens with zero attached hydrogens (tertiary/aromatic N) is 3. The van der Waals surface area contributed by atoms with Gasteiger partial charge in [0, 0.05) is 57.8 Å². The van der Waals surface area contributed by atoms with E-state index in [0.29, 0.717) is 25.9 Å². The number of rotatable bonds is 6.